The number of rotatable bonds is 5. The SMILES string of the molecule is COc1cc(C(O)C2CCCCN2)cc(OC)c1OC. The van der Waals surface area contributed by atoms with Gasteiger partial charge >= 0.3 is 0 Å². The molecule has 20 heavy (non-hydrogen) atoms. The van der Waals surface area contributed by atoms with E-state index in [0.717, 1.165) is 24.9 Å². The maximum atomic E-state index is 10.5. The molecule has 1 aromatic carbocycles. The Balaban J connectivity index is 2.30. The molecule has 0 aromatic heterocycles. The Morgan fingerprint density at radius 3 is 2.20 bits per heavy atom. The molecule has 1 aromatic rings. The molecule has 1 heterocycles. The summed E-state index contributed by atoms with van der Waals surface area (Å²) in [5.41, 5.74) is 0.777. The predicted octanol–water partition coefficient (Wildman–Crippen LogP) is 1.89. The van der Waals surface area contributed by atoms with Crippen LogP contribution in [0.15, 0.2) is 12.1 Å². The van der Waals surface area contributed by atoms with Crippen LogP contribution in [0, 0.1) is 0 Å². The van der Waals surface area contributed by atoms with Gasteiger partial charge in [-0.1, -0.05) is 6.42 Å². The average Bonchev–Trinajstić information content (AvgIpc) is 2.53. The summed E-state index contributed by atoms with van der Waals surface area (Å²) in [5, 5.41) is 13.9. The summed E-state index contributed by atoms with van der Waals surface area (Å²) in [6, 6.07) is 3.69. The highest BCUT2D eigenvalue weighted by atomic mass is 16.5. The summed E-state index contributed by atoms with van der Waals surface area (Å²) in [5.74, 6) is 1.68. The number of piperidine rings is 1. The Bertz CT molecular complexity index is 418. The summed E-state index contributed by atoms with van der Waals surface area (Å²) in [4.78, 5) is 0. The quantitative estimate of drug-likeness (QED) is 0.863. The van der Waals surface area contributed by atoms with E-state index in [1.54, 1.807) is 21.3 Å². The smallest absolute Gasteiger partial charge is 0.203 e. The number of methoxy groups -OCH3 is 3. The lowest BCUT2D eigenvalue weighted by Gasteiger charge is -2.28. The molecule has 2 N–H and O–H groups in total. The zero-order valence-electron chi connectivity index (χ0n) is 12.3. The second kappa shape index (κ2) is 6.81. The fourth-order valence-corrected chi connectivity index (χ4v) is 2.65. The van der Waals surface area contributed by atoms with Gasteiger partial charge in [-0.3, -0.25) is 0 Å². The largest absolute Gasteiger partial charge is 0.493 e. The van der Waals surface area contributed by atoms with Crippen molar-refractivity contribution in [2.45, 2.75) is 31.4 Å². The number of hydrogen-bond acceptors (Lipinski definition) is 5. The zero-order valence-corrected chi connectivity index (χ0v) is 12.3. The third-order valence-electron chi connectivity index (χ3n) is 3.76. The van der Waals surface area contributed by atoms with Gasteiger partial charge in [-0.15, -0.1) is 0 Å². The molecule has 0 saturated carbocycles. The summed E-state index contributed by atoms with van der Waals surface area (Å²) >= 11 is 0. The van der Waals surface area contributed by atoms with Crippen molar-refractivity contribution in [1.82, 2.24) is 5.32 Å². The maximum Gasteiger partial charge on any atom is 0.203 e. The van der Waals surface area contributed by atoms with Crippen molar-refractivity contribution in [2.75, 3.05) is 27.9 Å². The molecule has 2 rings (SSSR count). The van der Waals surface area contributed by atoms with Crippen molar-refractivity contribution in [3.63, 3.8) is 0 Å². The van der Waals surface area contributed by atoms with Gasteiger partial charge in [0.15, 0.2) is 11.5 Å². The number of aliphatic hydroxyl groups excluding tert-OH is 1. The highest BCUT2D eigenvalue weighted by Crippen LogP contribution is 2.40. The van der Waals surface area contributed by atoms with Crippen molar-refractivity contribution in [2.24, 2.45) is 0 Å². The molecule has 0 radical (unpaired) electrons. The standard InChI is InChI=1S/C15H23NO4/c1-18-12-8-10(9-13(19-2)15(12)20-3)14(17)11-6-4-5-7-16-11/h8-9,11,14,16-17H,4-7H2,1-3H3. The molecule has 0 bridgehead atoms. The van der Waals surface area contributed by atoms with Gasteiger partial charge in [0.25, 0.3) is 0 Å². The molecule has 2 unspecified atom stereocenters. The molecule has 0 aliphatic carbocycles. The molecule has 1 aliphatic rings. The summed E-state index contributed by atoms with van der Waals surface area (Å²) in [6.07, 6.45) is 2.69. The molecule has 5 nitrogen and oxygen atoms in total. The Labute approximate surface area is 119 Å². The van der Waals surface area contributed by atoms with E-state index in [1.807, 2.05) is 12.1 Å². The predicted molar refractivity (Wildman–Crippen MR) is 76.7 cm³/mol. The molecule has 1 saturated heterocycles. The van der Waals surface area contributed by atoms with Crippen molar-refractivity contribution < 1.29 is 19.3 Å². The van der Waals surface area contributed by atoms with E-state index in [2.05, 4.69) is 5.32 Å². The van der Waals surface area contributed by atoms with Gasteiger partial charge in [0, 0.05) is 6.04 Å². The van der Waals surface area contributed by atoms with Gasteiger partial charge in [0.2, 0.25) is 5.75 Å². The molecule has 5 heteroatoms. The zero-order chi connectivity index (χ0) is 14.5. The Kier molecular flexibility index (Phi) is 5.09. The van der Waals surface area contributed by atoms with E-state index in [1.165, 1.54) is 6.42 Å². The average molecular weight is 281 g/mol. The Morgan fingerprint density at radius 1 is 1.10 bits per heavy atom. The molecule has 0 amide bonds. The minimum atomic E-state index is -0.580. The van der Waals surface area contributed by atoms with Crippen molar-refractivity contribution in [1.29, 1.82) is 0 Å². The van der Waals surface area contributed by atoms with E-state index in [-0.39, 0.29) is 6.04 Å². The molecule has 2 atom stereocenters. The van der Waals surface area contributed by atoms with Crippen LogP contribution >= 0.6 is 0 Å². The lowest BCUT2D eigenvalue weighted by atomic mass is 9.94. The number of ether oxygens (including phenoxy) is 3. The van der Waals surface area contributed by atoms with E-state index < -0.39 is 6.10 Å². The van der Waals surface area contributed by atoms with Crippen LogP contribution in [0.4, 0.5) is 0 Å². The number of aliphatic hydroxyl groups is 1. The Hall–Kier alpha value is -1.46. The monoisotopic (exact) mass is 281 g/mol. The fourth-order valence-electron chi connectivity index (χ4n) is 2.65. The lowest BCUT2D eigenvalue weighted by Crippen LogP contribution is -2.38. The first-order chi connectivity index (χ1) is 9.71. The normalized spacial score (nSPS) is 20.3. The van der Waals surface area contributed by atoms with Crippen LogP contribution in [0.1, 0.15) is 30.9 Å². The van der Waals surface area contributed by atoms with Crippen molar-refractivity contribution in [3.8, 4) is 17.2 Å². The van der Waals surface area contributed by atoms with Gasteiger partial charge in [-0.25, -0.2) is 0 Å². The first kappa shape index (κ1) is 14.9. The summed E-state index contributed by atoms with van der Waals surface area (Å²) in [6.45, 7) is 0.951. The van der Waals surface area contributed by atoms with Gasteiger partial charge in [-0.05, 0) is 37.1 Å². The van der Waals surface area contributed by atoms with E-state index in [4.69, 9.17) is 14.2 Å². The molecule has 112 valence electrons. The maximum absolute atomic E-state index is 10.5. The Morgan fingerprint density at radius 2 is 1.75 bits per heavy atom. The van der Waals surface area contributed by atoms with Crippen LogP contribution in [0.3, 0.4) is 0 Å². The number of hydrogen-bond donors (Lipinski definition) is 2. The van der Waals surface area contributed by atoms with E-state index in [0.29, 0.717) is 17.2 Å². The van der Waals surface area contributed by atoms with Crippen LogP contribution < -0.4 is 19.5 Å². The van der Waals surface area contributed by atoms with E-state index in [9.17, 15) is 5.11 Å². The summed E-state index contributed by atoms with van der Waals surface area (Å²) in [7, 11) is 4.72. The molecular weight excluding hydrogens is 258 g/mol. The molecule has 1 fully saturated rings. The first-order valence-corrected chi connectivity index (χ1v) is 6.92. The van der Waals surface area contributed by atoms with Crippen LogP contribution in [0.2, 0.25) is 0 Å². The van der Waals surface area contributed by atoms with Crippen molar-refractivity contribution >= 4 is 0 Å². The van der Waals surface area contributed by atoms with Crippen molar-refractivity contribution in [3.05, 3.63) is 17.7 Å². The van der Waals surface area contributed by atoms with Gasteiger partial charge in [-0.2, -0.15) is 0 Å². The highest BCUT2D eigenvalue weighted by molar-refractivity contribution is 5.54. The molecular formula is C15H23NO4. The highest BCUT2D eigenvalue weighted by Gasteiger charge is 2.25. The van der Waals surface area contributed by atoms with Crippen LogP contribution in [0.25, 0.3) is 0 Å². The third-order valence-corrected chi connectivity index (χ3v) is 3.76. The number of nitrogens with one attached hydrogen (secondary N) is 1. The van der Waals surface area contributed by atoms with Gasteiger partial charge in [0.05, 0.1) is 27.4 Å². The molecule has 1 aliphatic heterocycles. The fraction of sp³-hybridized carbons (Fsp3) is 0.600. The minimum Gasteiger partial charge on any atom is -0.493 e. The van der Waals surface area contributed by atoms with Gasteiger partial charge < -0.3 is 24.6 Å². The second-order valence-electron chi connectivity index (χ2n) is 4.96. The third kappa shape index (κ3) is 2.99. The minimum absolute atomic E-state index is 0.0755. The van der Waals surface area contributed by atoms with Gasteiger partial charge in [0.1, 0.15) is 0 Å². The van der Waals surface area contributed by atoms with E-state index >= 15 is 0 Å². The lowest BCUT2D eigenvalue weighted by molar-refractivity contribution is 0.113. The first-order valence-electron chi connectivity index (χ1n) is 6.92. The van der Waals surface area contributed by atoms with Crippen LogP contribution in [-0.2, 0) is 0 Å². The van der Waals surface area contributed by atoms with Crippen LogP contribution in [0.5, 0.6) is 17.2 Å². The topological polar surface area (TPSA) is 60.0 Å². The van der Waals surface area contributed by atoms with Crippen LogP contribution in [-0.4, -0.2) is 39.0 Å². The summed E-state index contributed by atoms with van der Waals surface area (Å²) < 4.78 is 15.9. The second-order valence-corrected chi connectivity index (χ2v) is 4.96. The molecule has 0 spiro atoms. The number of benzene rings is 1.